The lowest BCUT2D eigenvalue weighted by atomic mass is 10.0. The molecular formula is C19H39IN4O3. The molecule has 0 aromatic heterocycles. The number of ether oxygens (including phenoxy) is 2. The fourth-order valence-electron chi connectivity index (χ4n) is 3.04. The molecule has 2 N–H and O–H groups in total. The van der Waals surface area contributed by atoms with E-state index in [0.29, 0.717) is 31.5 Å². The minimum Gasteiger partial charge on any atom is -0.466 e. The molecule has 8 heteroatoms. The van der Waals surface area contributed by atoms with Crippen LogP contribution in [-0.2, 0) is 14.3 Å². The number of carbonyl (C=O) groups is 1. The second kappa shape index (κ2) is 16.4. The lowest BCUT2D eigenvalue weighted by Gasteiger charge is -2.34. The van der Waals surface area contributed by atoms with Crippen molar-refractivity contribution < 1.29 is 14.3 Å². The first-order valence-corrected chi connectivity index (χ1v) is 10.1. The molecule has 1 aliphatic rings. The summed E-state index contributed by atoms with van der Waals surface area (Å²) in [7, 11) is 0. The van der Waals surface area contributed by atoms with E-state index in [4.69, 9.17) is 14.5 Å². The van der Waals surface area contributed by atoms with Crippen molar-refractivity contribution >= 4 is 35.9 Å². The second-order valence-electron chi connectivity index (χ2n) is 6.99. The average molecular weight is 498 g/mol. The number of nitrogens with one attached hydrogen (secondary N) is 2. The number of nitrogens with zero attached hydrogens (tertiary/aromatic N) is 2. The first-order valence-electron chi connectivity index (χ1n) is 10.1. The lowest BCUT2D eigenvalue weighted by Crippen LogP contribution is -2.46. The van der Waals surface area contributed by atoms with Gasteiger partial charge < -0.3 is 20.1 Å². The molecule has 0 aliphatic carbocycles. The maximum atomic E-state index is 11.4. The van der Waals surface area contributed by atoms with Crippen LogP contribution in [0.1, 0.15) is 47.0 Å². The molecule has 27 heavy (non-hydrogen) atoms. The number of hydrogen-bond acceptors (Lipinski definition) is 5. The topological polar surface area (TPSA) is 75.2 Å². The molecule has 0 radical (unpaired) electrons. The van der Waals surface area contributed by atoms with E-state index in [1.54, 1.807) is 0 Å². The van der Waals surface area contributed by atoms with E-state index < -0.39 is 0 Å². The number of rotatable bonds is 11. The van der Waals surface area contributed by atoms with Gasteiger partial charge in [-0.3, -0.25) is 14.7 Å². The van der Waals surface area contributed by atoms with Gasteiger partial charge in [0.05, 0.1) is 26.4 Å². The average Bonchev–Trinajstić information content (AvgIpc) is 2.62. The summed E-state index contributed by atoms with van der Waals surface area (Å²) in [6.07, 6.45) is 2.30. The monoisotopic (exact) mass is 498 g/mol. The van der Waals surface area contributed by atoms with Crippen molar-refractivity contribution in [3.63, 3.8) is 0 Å². The molecule has 1 saturated heterocycles. The Bertz CT molecular complexity index is 416. The minimum absolute atomic E-state index is 0. The number of esters is 1. The third-order valence-electron chi connectivity index (χ3n) is 4.27. The lowest BCUT2D eigenvalue weighted by molar-refractivity contribution is -0.143. The first-order chi connectivity index (χ1) is 12.6. The second-order valence-corrected chi connectivity index (χ2v) is 6.99. The van der Waals surface area contributed by atoms with Crippen molar-refractivity contribution in [1.82, 2.24) is 15.5 Å². The van der Waals surface area contributed by atoms with Crippen LogP contribution >= 0.6 is 24.0 Å². The summed E-state index contributed by atoms with van der Waals surface area (Å²) >= 11 is 0. The SMILES string of the molecule is CCNC(=NCC(CC(C)C)N1CCOCC1)NCCCC(=O)OCC.I. The van der Waals surface area contributed by atoms with Crippen LogP contribution in [0, 0.1) is 5.92 Å². The zero-order chi connectivity index (χ0) is 19.2. The highest BCUT2D eigenvalue weighted by atomic mass is 127. The quantitative estimate of drug-likeness (QED) is 0.150. The van der Waals surface area contributed by atoms with Crippen LogP contribution < -0.4 is 10.6 Å². The van der Waals surface area contributed by atoms with Gasteiger partial charge in [-0.15, -0.1) is 24.0 Å². The number of guanidine groups is 1. The molecule has 1 heterocycles. The Morgan fingerprint density at radius 3 is 2.52 bits per heavy atom. The van der Waals surface area contributed by atoms with Crippen molar-refractivity contribution in [2.24, 2.45) is 10.9 Å². The molecule has 1 unspecified atom stereocenters. The largest absolute Gasteiger partial charge is 0.466 e. The Labute approximate surface area is 182 Å². The first kappa shape index (κ1) is 26.4. The Kier molecular flexibility index (Phi) is 16.0. The summed E-state index contributed by atoms with van der Waals surface area (Å²) < 4.78 is 10.4. The van der Waals surface area contributed by atoms with Crippen LogP contribution in [0.15, 0.2) is 4.99 Å². The Hall–Kier alpha value is -0.610. The zero-order valence-corrected chi connectivity index (χ0v) is 19.8. The van der Waals surface area contributed by atoms with E-state index in [0.717, 1.165) is 58.2 Å². The maximum Gasteiger partial charge on any atom is 0.305 e. The minimum atomic E-state index is -0.138. The summed E-state index contributed by atoms with van der Waals surface area (Å²) in [5, 5.41) is 6.60. The van der Waals surface area contributed by atoms with Crippen LogP contribution in [0.5, 0.6) is 0 Å². The van der Waals surface area contributed by atoms with E-state index >= 15 is 0 Å². The molecule has 1 fully saturated rings. The van der Waals surface area contributed by atoms with Gasteiger partial charge >= 0.3 is 5.97 Å². The van der Waals surface area contributed by atoms with Gasteiger partial charge in [0.15, 0.2) is 5.96 Å². The zero-order valence-electron chi connectivity index (χ0n) is 17.5. The normalized spacial score (nSPS) is 16.6. The van der Waals surface area contributed by atoms with E-state index in [1.807, 2.05) is 6.92 Å². The summed E-state index contributed by atoms with van der Waals surface area (Å²) in [5.41, 5.74) is 0. The molecule has 1 rings (SSSR count). The predicted octanol–water partition coefficient (Wildman–Crippen LogP) is 2.25. The number of hydrogen-bond donors (Lipinski definition) is 2. The molecule has 1 atom stereocenters. The number of carbonyl (C=O) groups excluding carboxylic acids is 1. The summed E-state index contributed by atoms with van der Waals surface area (Å²) in [5.74, 6) is 1.32. The fraction of sp³-hybridized carbons (Fsp3) is 0.895. The van der Waals surface area contributed by atoms with Crippen LogP contribution in [0.25, 0.3) is 0 Å². The van der Waals surface area contributed by atoms with Gasteiger partial charge in [-0.25, -0.2) is 0 Å². The number of halogens is 1. The molecule has 7 nitrogen and oxygen atoms in total. The van der Waals surface area contributed by atoms with E-state index in [9.17, 15) is 4.79 Å². The highest BCUT2D eigenvalue weighted by Crippen LogP contribution is 2.14. The standard InChI is InChI=1S/C19H38N4O3.HI/c1-5-20-19(21-9-7-8-18(24)26-6-2)22-15-17(14-16(3)4)23-10-12-25-13-11-23;/h16-17H,5-15H2,1-4H3,(H2,20,21,22);1H. The smallest absolute Gasteiger partial charge is 0.305 e. The van der Waals surface area contributed by atoms with Gasteiger partial charge in [0.2, 0.25) is 0 Å². The summed E-state index contributed by atoms with van der Waals surface area (Å²) in [4.78, 5) is 18.7. The molecule has 0 spiro atoms. The molecule has 1 aliphatic heterocycles. The van der Waals surface area contributed by atoms with Gasteiger partial charge in [-0.05, 0) is 32.6 Å². The fourth-order valence-corrected chi connectivity index (χ4v) is 3.04. The van der Waals surface area contributed by atoms with Gasteiger partial charge in [0.1, 0.15) is 0 Å². The van der Waals surface area contributed by atoms with Gasteiger partial charge in [-0.2, -0.15) is 0 Å². The van der Waals surface area contributed by atoms with Crippen molar-refractivity contribution in [2.45, 2.75) is 53.0 Å². The molecule has 0 aromatic rings. The Balaban J connectivity index is 0.00000676. The van der Waals surface area contributed by atoms with Crippen LogP contribution in [-0.4, -0.2) is 75.4 Å². The van der Waals surface area contributed by atoms with E-state index in [2.05, 4.69) is 36.3 Å². The van der Waals surface area contributed by atoms with Crippen molar-refractivity contribution in [1.29, 1.82) is 0 Å². The molecule has 0 saturated carbocycles. The third kappa shape index (κ3) is 12.5. The summed E-state index contributed by atoms with van der Waals surface area (Å²) in [6.45, 7) is 14.7. The molecule has 0 aromatic carbocycles. The number of aliphatic imine (C=N–C) groups is 1. The molecule has 0 amide bonds. The molecular weight excluding hydrogens is 459 g/mol. The Morgan fingerprint density at radius 1 is 1.22 bits per heavy atom. The van der Waals surface area contributed by atoms with Gasteiger partial charge in [0, 0.05) is 38.6 Å². The summed E-state index contributed by atoms with van der Waals surface area (Å²) in [6, 6.07) is 0.439. The van der Waals surface area contributed by atoms with E-state index in [1.165, 1.54) is 0 Å². The molecule has 0 bridgehead atoms. The van der Waals surface area contributed by atoms with Crippen LogP contribution in [0.3, 0.4) is 0 Å². The Morgan fingerprint density at radius 2 is 1.93 bits per heavy atom. The van der Waals surface area contributed by atoms with Crippen LogP contribution in [0.2, 0.25) is 0 Å². The molecule has 160 valence electrons. The van der Waals surface area contributed by atoms with Crippen molar-refractivity contribution in [2.75, 3.05) is 52.5 Å². The van der Waals surface area contributed by atoms with Gasteiger partial charge in [0.25, 0.3) is 0 Å². The van der Waals surface area contributed by atoms with E-state index in [-0.39, 0.29) is 29.9 Å². The van der Waals surface area contributed by atoms with Crippen molar-refractivity contribution in [3.8, 4) is 0 Å². The van der Waals surface area contributed by atoms with Crippen molar-refractivity contribution in [3.05, 3.63) is 0 Å². The van der Waals surface area contributed by atoms with Crippen LogP contribution in [0.4, 0.5) is 0 Å². The highest BCUT2D eigenvalue weighted by molar-refractivity contribution is 14.0. The third-order valence-corrected chi connectivity index (χ3v) is 4.27. The number of morpholine rings is 1. The van der Waals surface area contributed by atoms with Gasteiger partial charge in [-0.1, -0.05) is 13.8 Å². The predicted molar refractivity (Wildman–Crippen MR) is 121 cm³/mol. The highest BCUT2D eigenvalue weighted by Gasteiger charge is 2.21. The maximum absolute atomic E-state index is 11.4.